The number of carboxylic acids is 1. The first kappa shape index (κ1) is 13.4. The maximum Gasteiger partial charge on any atom is 0.410 e. The van der Waals surface area contributed by atoms with Crippen molar-refractivity contribution in [2.45, 2.75) is 32.3 Å². The Kier molecular flexibility index (Phi) is 3.21. The summed E-state index contributed by atoms with van der Waals surface area (Å²) in [5.41, 5.74) is -0.646. The number of likely N-dealkylation sites (tertiary alicyclic amines) is 1. The molecule has 1 saturated heterocycles. The predicted molar refractivity (Wildman–Crippen MR) is 64.0 cm³/mol. The molecule has 7 nitrogen and oxygen atoms in total. The Morgan fingerprint density at radius 1 is 1.47 bits per heavy atom. The molecule has 1 amide bonds. The highest BCUT2D eigenvalue weighted by Gasteiger charge is 2.37. The highest BCUT2D eigenvalue weighted by atomic mass is 16.6. The van der Waals surface area contributed by atoms with Crippen molar-refractivity contribution in [2.75, 3.05) is 13.1 Å². The third-order valence-electron chi connectivity index (χ3n) is 2.62. The summed E-state index contributed by atoms with van der Waals surface area (Å²) in [6, 6.07) is 0. The minimum Gasteiger partial charge on any atom is -0.476 e. The zero-order valence-electron chi connectivity index (χ0n) is 11.0. The Labute approximate surface area is 110 Å². The van der Waals surface area contributed by atoms with Crippen LogP contribution in [0.25, 0.3) is 0 Å². The topological polar surface area (TPSA) is 92.9 Å². The van der Waals surface area contributed by atoms with Crippen molar-refractivity contribution in [1.29, 1.82) is 0 Å². The van der Waals surface area contributed by atoms with Crippen LogP contribution in [0.2, 0.25) is 0 Å². The Morgan fingerprint density at radius 3 is 2.58 bits per heavy atom. The highest BCUT2D eigenvalue weighted by Crippen LogP contribution is 2.27. The molecule has 1 fully saturated rings. The predicted octanol–water partition coefficient (Wildman–Crippen LogP) is 1.71. The van der Waals surface area contributed by atoms with Crippen LogP contribution in [0.4, 0.5) is 4.79 Å². The van der Waals surface area contributed by atoms with E-state index in [1.807, 2.05) is 0 Å². The van der Waals surface area contributed by atoms with E-state index in [-0.39, 0.29) is 17.7 Å². The van der Waals surface area contributed by atoms with Gasteiger partial charge in [0, 0.05) is 13.1 Å². The van der Waals surface area contributed by atoms with Crippen molar-refractivity contribution in [1.82, 2.24) is 9.88 Å². The van der Waals surface area contributed by atoms with Crippen molar-refractivity contribution < 1.29 is 23.8 Å². The molecule has 19 heavy (non-hydrogen) atoms. The van der Waals surface area contributed by atoms with Gasteiger partial charge in [0.05, 0.1) is 5.92 Å². The minimum absolute atomic E-state index is 0.0689. The van der Waals surface area contributed by atoms with Crippen LogP contribution >= 0.6 is 0 Å². The molecule has 0 unspecified atom stereocenters. The Morgan fingerprint density at radius 2 is 2.11 bits per heavy atom. The molecule has 0 bridgehead atoms. The number of amides is 1. The van der Waals surface area contributed by atoms with Crippen LogP contribution in [0.3, 0.4) is 0 Å². The van der Waals surface area contributed by atoms with Crippen LogP contribution in [0, 0.1) is 0 Å². The van der Waals surface area contributed by atoms with Crippen molar-refractivity contribution >= 4 is 12.1 Å². The van der Waals surface area contributed by atoms with Gasteiger partial charge in [0.25, 0.3) is 0 Å². The van der Waals surface area contributed by atoms with Crippen LogP contribution < -0.4 is 0 Å². The number of rotatable bonds is 2. The maximum atomic E-state index is 11.7. The molecule has 1 aliphatic heterocycles. The number of nitrogens with zero attached hydrogens (tertiary/aromatic N) is 2. The number of hydrogen-bond donors (Lipinski definition) is 1. The molecule has 1 aromatic heterocycles. The van der Waals surface area contributed by atoms with Crippen LogP contribution in [0.5, 0.6) is 0 Å². The molecule has 7 heteroatoms. The van der Waals surface area contributed by atoms with Crippen LogP contribution in [0.15, 0.2) is 10.7 Å². The fourth-order valence-electron chi connectivity index (χ4n) is 1.68. The van der Waals surface area contributed by atoms with Crippen molar-refractivity contribution in [3.05, 3.63) is 17.8 Å². The first-order valence-electron chi connectivity index (χ1n) is 5.93. The van der Waals surface area contributed by atoms with Gasteiger partial charge in [0.1, 0.15) is 11.9 Å². The fraction of sp³-hybridized carbons (Fsp3) is 0.583. The lowest BCUT2D eigenvalue weighted by Crippen LogP contribution is -2.50. The molecule has 0 saturated carbocycles. The van der Waals surface area contributed by atoms with Gasteiger partial charge in [-0.3, -0.25) is 0 Å². The molecule has 2 rings (SSSR count). The molecule has 1 N–H and O–H groups in total. The lowest BCUT2D eigenvalue weighted by molar-refractivity contribution is 0.00603. The lowest BCUT2D eigenvalue weighted by atomic mass is 10.0. The number of carbonyl (C=O) groups is 2. The van der Waals surface area contributed by atoms with E-state index in [9.17, 15) is 9.59 Å². The van der Waals surface area contributed by atoms with Gasteiger partial charge >= 0.3 is 12.1 Å². The van der Waals surface area contributed by atoms with E-state index in [0.717, 1.165) is 6.26 Å². The van der Waals surface area contributed by atoms with E-state index < -0.39 is 11.6 Å². The van der Waals surface area contributed by atoms with E-state index in [2.05, 4.69) is 4.98 Å². The van der Waals surface area contributed by atoms with E-state index in [4.69, 9.17) is 14.3 Å². The third kappa shape index (κ3) is 3.04. The molecule has 0 aliphatic carbocycles. The van der Waals surface area contributed by atoms with Gasteiger partial charge in [-0.2, -0.15) is 0 Å². The highest BCUT2D eigenvalue weighted by molar-refractivity contribution is 5.84. The van der Waals surface area contributed by atoms with Gasteiger partial charge in [0.15, 0.2) is 5.69 Å². The quantitative estimate of drug-likeness (QED) is 0.877. The Balaban J connectivity index is 1.89. The minimum atomic E-state index is -1.13. The molecule has 0 aromatic carbocycles. The summed E-state index contributed by atoms with van der Waals surface area (Å²) in [6.45, 7) is 6.25. The number of oxazole rings is 1. The third-order valence-corrected chi connectivity index (χ3v) is 2.62. The molecule has 2 heterocycles. The second-order valence-electron chi connectivity index (χ2n) is 5.46. The smallest absolute Gasteiger partial charge is 0.410 e. The van der Waals surface area contributed by atoms with Crippen LogP contribution in [-0.2, 0) is 4.74 Å². The molecule has 0 radical (unpaired) electrons. The number of ether oxygens (including phenoxy) is 1. The first-order valence-corrected chi connectivity index (χ1v) is 5.93. The second-order valence-corrected chi connectivity index (χ2v) is 5.46. The summed E-state index contributed by atoms with van der Waals surface area (Å²) >= 11 is 0. The normalized spacial score (nSPS) is 16.1. The summed E-state index contributed by atoms with van der Waals surface area (Å²) in [7, 11) is 0. The average molecular weight is 268 g/mol. The maximum absolute atomic E-state index is 11.7. The number of hydrogen-bond acceptors (Lipinski definition) is 5. The summed E-state index contributed by atoms with van der Waals surface area (Å²) in [6.07, 6.45) is 0.724. The van der Waals surface area contributed by atoms with Crippen molar-refractivity contribution in [3.63, 3.8) is 0 Å². The van der Waals surface area contributed by atoms with Gasteiger partial charge in [-0.25, -0.2) is 14.6 Å². The van der Waals surface area contributed by atoms with Gasteiger partial charge < -0.3 is 19.2 Å². The standard InChI is InChI=1S/C12H16N2O5/c1-12(2,3)19-11(17)14-4-7(5-14)9-13-8(6-18-9)10(15)16/h6-7H,4-5H2,1-3H3,(H,15,16). The van der Waals surface area contributed by atoms with Gasteiger partial charge in [0.2, 0.25) is 5.89 Å². The SMILES string of the molecule is CC(C)(C)OC(=O)N1CC(c2nc(C(=O)O)co2)C1. The van der Waals surface area contributed by atoms with Crippen molar-refractivity contribution in [2.24, 2.45) is 0 Å². The van der Waals surface area contributed by atoms with Crippen LogP contribution in [0.1, 0.15) is 43.1 Å². The molecule has 1 aliphatic rings. The zero-order valence-corrected chi connectivity index (χ0v) is 11.0. The molecular formula is C12H16N2O5. The largest absolute Gasteiger partial charge is 0.476 e. The summed E-state index contributed by atoms with van der Waals surface area (Å²) in [5, 5.41) is 8.73. The monoisotopic (exact) mass is 268 g/mol. The van der Waals surface area contributed by atoms with Crippen LogP contribution in [-0.4, -0.2) is 45.7 Å². The molecule has 1 aromatic rings. The Bertz CT molecular complexity index is 496. The lowest BCUT2D eigenvalue weighted by Gasteiger charge is -2.38. The van der Waals surface area contributed by atoms with Gasteiger partial charge in [-0.1, -0.05) is 0 Å². The van der Waals surface area contributed by atoms with E-state index >= 15 is 0 Å². The van der Waals surface area contributed by atoms with E-state index in [0.29, 0.717) is 19.0 Å². The van der Waals surface area contributed by atoms with Gasteiger partial charge in [-0.05, 0) is 20.8 Å². The summed E-state index contributed by atoms with van der Waals surface area (Å²) in [5.74, 6) is -0.851. The fourth-order valence-corrected chi connectivity index (χ4v) is 1.68. The van der Waals surface area contributed by atoms with Crippen molar-refractivity contribution in [3.8, 4) is 0 Å². The molecule has 104 valence electrons. The Hall–Kier alpha value is -2.05. The molecule has 0 atom stereocenters. The zero-order chi connectivity index (χ0) is 14.2. The average Bonchev–Trinajstić information content (AvgIpc) is 2.61. The second kappa shape index (κ2) is 4.56. The molecular weight excluding hydrogens is 252 g/mol. The van der Waals surface area contributed by atoms with Gasteiger partial charge in [-0.15, -0.1) is 0 Å². The number of aromatic carboxylic acids is 1. The molecule has 0 spiro atoms. The summed E-state index contributed by atoms with van der Waals surface area (Å²) < 4.78 is 10.3. The first-order chi connectivity index (χ1) is 8.76. The number of aromatic nitrogens is 1. The summed E-state index contributed by atoms with van der Waals surface area (Å²) in [4.78, 5) is 27.7. The number of carboxylic acid groups (broad SMARTS) is 1. The number of carbonyl (C=O) groups excluding carboxylic acids is 1. The van der Waals surface area contributed by atoms with E-state index in [1.165, 1.54) is 4.90 Å². The van der Waals surface area contributed by atoms with E-state index in [1.54, 1.807) is 20.8 Å².